The first-order valence-electron chi connectivity index (χ1n) is 10.5. The molecule has 0 spiro atoms. The van der Waals surface area contributed by atoms with Gasteiger partial charge in [-0.05, 0) is 54.4 Å². The molecule has 8 nitrogen and oxygen atoms in total. The molecule has 170 valence electrons. The highest BCUT2D eigenvalue weighted by Crippen LogP contribution is 2.34. The molecule has 0 bridgehead atoms. The summed E-state index contributed by atoms with van der Waals surface area (Å²) in [5.74, 6) is 2.12. The zero-order valence-corrected chi connectivity index (χ0v) is 19.6. The number of hydrogen-bond donors (Lipinski definition) is 2. The lowest BCUT2D eigenvalue weighted by Gasteiger charge is -2.15. The third kappa shape index (κ3) is 5.68. The Hall–Kier alpha value is -3.43. The highest BCUT2D eigenvalue weighted by Gasteiger charge is 2.12. The number of aromatic nitrogens is 2. The molecule has 0 saturated heterocycles. The molecule has 0 amide bonds. The molecule has 3 aromatic carbocycles. The number of imidazole rings is 1. The maximum Gasteiger partial charge on any atom is 0.269 e. The average Bonchev–Trinajstić information content (AvgIpc) is 3.23. The number of non-ortho nitro benzene ring substituents is 1. The van der Waals surface area contributed by atoms with Gasteiger partial charge in [-0.3, -0.25) is 10.1 Å². The van der Waals surface area contributed by atoms with Crippen LogP contribution in [-0.2, 0) is 19.7 Å². The van der Waals surface area contributed by atoms with Crippen LogP contribution in [-0.4, -0.2) is 21.5 Å². The molecule has 0 saturated carbocycles. The van der Waals surface area contributed by atoms with Crippen molar-refractivity contribution in [1.29, 1.82) is 0 Å². The fourth-order valence-corrected chi connectivity index (χ4v) is 3.84. The number of benzene rings is 3. The van der Waals surface area contributed by atoms with E-state index in [1.54, 1.807) is 12.1 Å². The average molecular weight is 511 g/mol. The molecule has 4 rings (SSSR count). The van der Waals surface area contributed by atoms with Crippen LogP contribution in [0.4, 0.5) is 5.69 Å². The zero-order valence-electron chi connectivity index (χ0n) is 18.0. The second-order valence-electron chi connectivity index (χ2n) is 7.34. The van der Waals surface area contributed by atoms with Crippen molar-refractivity contribution < 1.29 is 14.4 Å². The fraction of sp³-hybridized carbons (Fsp3) is 0.208. The number of halogens is 1. The molecule has 1 aromatic heterocycles. The highest BCUT2D eigenvalue weighted by molar-refractivity contribution is 9.10. The summed E-state index contributed by atoms with van der Waals surface area (Å²) in [7, 11) is 0. The van der Waals surface area contributed by atoms with Gasteiger partial charge in [0, 0.05) is 23.2 Å². The van der Waals surface area contributed by atoms with Crippen LogP contribution in [0.1, 0.15) is 23.9 Å². The van der Waals surface area contributed by atoms with Crippen LogP contribution < -0.4 is 14.8 Å². The molecule has 0 aliphatic rings. The minimum Gasteiger partial charge on any atom is -0.490 e. The van der Waals surface area contributed by atoms with Crippen LogP contribution in [0.5, 0.6) is 11.5 Å². The minimum absolute atomic E-state index is 0.0519. The van der Waals surface area contributed by atoms with Crippen molar-refractivity contribution >= 4 is 32.7 Å². The summed E-state index contributed by atoms with van der Waals surface area (Å²) in [6, 6.07) is 18.1. The summed E-state index contributed by atoms with van der Waals surface area (Å²) in [5, 5.41) is 14.2. The number of H-pyrrole nitrogens is 1. The highest BCUT2D eigenvalue weighted by atomic mass is 79.9. The van der Waals surface area contributed by atoms with E-state index in [0.29, 0.717) is 31.2 Å². The normalized spacial score (nSPS) is 11.0. The Bertz CT molecular complexity index is 1220. The third-order valence-corrected chi connectivity index (χ3v) is 5.74. The molecule has 33 heavy (non-hydrogen) atoms. The van der Waals surface area contributed by atoms with Crippen molar-refractivity contribution in [2.24, 2.45) is 0 Å². The van der Waals surface area contributed by atoms with E-state index in [2.05, 4.69) is 31.2 Å². The Balaban J connectivity index is 1.41. The van der Waals surface area contributed by atoms with Crippen molar-refractivity contribution in [2.45, 2.75) is 26.6 Å². The molecule has 4 aromatic rings. The van der Waals surface area contributed by atoms with E-state index in [1.165, 1.54) is 12.1 Å². The largest absolute Gasteiger partial charge is 0.490 e. The van der Waals surface area contributed by atoms with Gasteiger partial charge in [-0.2, -0.15) is 0 Å². The predicted molar refractivity (Wildman–Crippen MR) is 129 cm³/mol. The van der Waals surface area contributed by atoms with Crippen LogP contribution in [0.2, 0.25) is 0 Å². The molecule has 0 unspecified atom stereocenters. The number of aromatic amines is 1. The number of nitro benzene ring substituents is 1. The minimum atomic E-state index is -0.421. The van der Waals surface area contributed by atoms with Crippen LogP contribution in [0.15, 0.2) is 65.1 Å². The zero-order chi connectivity index (χ0) is 23.2. The van der Waals surface area contributed by atoms with Crippen molar-refractivity contribution in [3.05, 3.63) is 92.2 Å². The summed E-state index contributed by atoms with van der Waals surface area (Å²) in [4.78, 5) is 18.3. The van der Waals surface area contributed by atoms with Gasteiger partial charge in [-0.25, -0.2) is 4.98 Å². The van der Waals surface area contributed by atoms with E-state index in [-0.39, 0.29) is 12.3 Å². The molecule has 0 radical (unpaired) electrons. The van der Waals surface area contributed by atoms with E-state index >= 15 is 0 Å². The van der Waals surface area contributed by atoms with Gasteiger partial charge >= 0.3 is 0 Å². The SMILES string of the molecule is CCOc1cc(CNCc2nc3ccccc3[nH]2)c(Br)cc1OCc1ccc([N+](=O)[O-])cc1. The molecule has 0 fully saturated rings. The maximum absolute atomic E-state index is 10.8. The topological polar surface area (TPSA) is 102 Å². The number of ether oxygens (including phenoxy) is 2. The quantitative estimate of drug-likeness (QED) is 0.215. The van der Waals surface area contributed by atoms with Crippen LogP contribution in [0, 0.1) is 10.1 Å². The first-order chi connectivity index (χ1) is 16.0. The molecule has 0 aliphatic heterocycles. The van der Waals surface area contributed by atoms with E-state index in [0.717, 1.165) is 32.5 Å². The first-order valence-corrected chi connectivity index (χ1v) is 11.3. The smallest absolute Gasteiger partial charge is 0.269 e. The van der Waals surface area contributed by atoms with Crippen molar-refractivity contribution in [3.63, 3.8) is 0 Å². The Labute approximate surface area is 199 Å². The Morgan fingerprint density at radius 1 is 1.06 bits per heavy atom. The molecule has 9 heteroatoms. The van der Waals surface area contributed by atoms with E-state index < -0.39 is 4.92 Å². The monoisotopic (exact) mass is 510 g/mol. The van der Waals surface area contributed by atoms with Crippen molar-refractivity contribution in [2.75, 3.05) is 6.61 Å². The van der Waals surface area contributed by atoms with Gasteiger partial charge in [0.05, 0.1) is 29.1 Å². The molecule has 0 aliphatic carbocycles. The lowest BCUT2D eigenvalue weighted by Crippen LogP contribution is -2.14. The van der Waals surface area contributed by atoms with Gasteiger partial charge in [-0.15, -0.1) is 0 Å². The Morgan fingerprint density at radius 3 is 2.55 bits per heavy atom. The lowest BCUT2D eigenvalue weighted by molar-refractivity contribution is -0.384. The number of rotatable bonds is 10. The van der Waals surface area contributed by atoms with Gasteiger partial charge in [0.2, 0.25) is 0 Å². The Kier molecular flexibility index (Phi) is 7.21. The second-order valence-corrected chi connectivity index (χ2v) is 8.19. The van der Waals surface area contributed by atoms with Gasteiger partial charge in [-0.1, -0.05) is 28.1 Å². The first kappa shape index (κ1) is 22.8. The summed E-state index contributed by atoms with van der Waals surface area (Å²) >= 11 is 3.62. The van der Waals surface area contributed by atoms with Crippen molar-refractivity contribution in [1.82, 2.24) is 15.3 Å². The van der Waals surface area contributed by atoms with Crippen molar-refractivity contribution in [3.8, 4) is 11.5 Å². The van der Waals surface area contributed by atoms with Gasteiger partial charge < -0.3 is 19.8 Å². The fourth-order valence-electron chi connectivity index (χ4n) is 3.37. The second kappa shape index (κ2) is 10.5. The predicted octanol–water partition coefficient (Wildman–Crippen LogP) is 5.50. The summed E-state index contributed by atoms with van der Waals surface area (Å²) < 4.78 is 12.6. The van der Waals surface area contributed by atoms with Gasteiger partial charge in [0.1, 0.15) is 12.4 Å². The molecule has 0 atom stereocenters. The number of hydrogen-bond acceptors (Lipinski definition) is 6. The van der Waals surface area contributed by atoms with E-state index in [4.69, 9.17) is 9.47 Å². The van der Waals surface area contributed by atoms with Crippen LogP contribution in [0.25, 0.3) is 11.0 Å². The maximum atomic E-state index is 10.8. The summed E-state index contributed by atoms with van der Waals surface area (Å²) in [6.45, 7) is 3.90. The molecular weight excluding hydrogens is 488 g/mol. The number of para-hydroxylation sites is 2. The van der Waals surface area contributed by atoms with Gasteiger partial charge in [0.15, 0.2) is 11.5 Å². The standard InChI is InChI=1S/C24H23BrN4O4/c1-2-32-22-11-17(13-26-14-24-27-20-5-3-4-6-21(20)28-24)19(25)12-23(22)33-15-16-7-9-18(10-8-16)29(30)31/h3-12,26H,2,13-15H2,1H3,(H,27,28). The molecular formula is C24H23BrN4O4. The summed E-state index contributed by atoms with van der Waals surface area (Å²) in [5.41, 5.74) is 3.87. The number of nitrogens with zero attached hydrogens (tertiary/aromatic N) is 2. The van der Waals surface area contributed by atoms with Crippen LogP contribution >= 0.6 is 15.9 Å². The number of nitro groups is 1. The summed E-state index contributed by atoms with van der Waals surface area (Å²) in [6.07, 6.45) is 0. The van der Waals surface area contributed by atoms with Crippen LogP contribution in [0.3, 0.4) is 0 Å². The lowest BCUT2D eigenvalue weighted by atomic mass is 10.2. The van der Waals surface area contributed by atoms with E-state index in [1.807, 2.05) is 43.3 Å². The third-order valence-electron chi connectivity index (χ3n) is 5.00. The molecule has 1 heterocycles. The number of fused-ring (bicyclic) bond motifs is 1. The number of nitrogens with one attached hydrogen (secondary N) is 2. The van der Waals surface area contributed by atoms with Gasteiger partial charge in [0.25, 0.3) is 5.69 Å². The Morgan fingerprint density at radius 2 is 1.82 bits per heavy atom. The molecule has 2 N–H and O–H groups in total. The van der Waals surface area contributed by atoms with E-state index in [9.17, 15) is 10.1 Å².